The summed E-state index contributed by atoms with van der Waals surface area (Å²) in [5, 5.41) is 0. The molecule has 0 saturated heterocycles. The Hall–Kier alpha value is -1.77. The van der Waals surface area contributed by atoms with Gasteiger partial charge in [0.05, 0.1) is 27.7 Å². The molecule has 0 radical (unpaired) electrons. The van der Waals surface area contributed by atoms with Crippen molar-refractivity contribution in [3.8, 4) is 0 Å². The van der Waals surface area contributed by atoms with Gasteiger partial charge < -0.3 is 27.9 Å². The SMILES string of the molecule is CCCCCCC/C=C\C/C=C\C/C=C\CCCCCCCCCCCCCCCCCCCCCCCCCCCCC(=O)OC(COC(=O)CCCCCCCCCCCCCCCCCCCCCCCCCCCCCCCCCCCCC)COP(=O)([O-])OCC[N+](C)(C)C. The van der Waals surface area contributed by atoms with Crippen molar-refractivity contribution in [2.45, 2.75) is 482 Å². The second-order valence-corrected chi connectivity index (χ2v) is 33.4. The summed E-state index contributed by atoms with van der Waals surface area (Å²) in [6.45, 7) is 4.33. The first-order chi connectivity index (χ1) is 49.0. The van der Waals surface area contributed by atoms with Crippen molar-refractivity contribution in [2.24, 2.45) is 0 Å². The van der Waals surface area contributed by atoms with Crippen LogP contribution in [0.15, 0.2) is 36.5 Å². The molecule has 0 amide bonds. The van der Waals surface area contributed by atoms with Gasteiger partial charge in [-0.05, 0) is 51.4 Å². The lowest BCUT2D eigenvalue weighted by atomic mass is 10.0. The molecule has 0 heterocycles. The number of carbonyl (C=O) groups is 2. The molecule has 0 aliphatic carbocycles. The van der Waals surface area contributed by atoms with Gasteiger partial charge in [-0.15, -0.1) is 0 Å². The third kappa shape index (κ3) is 85.2. The van der Waals surface area contributed by atoms with E-state index in [9.17, 15) is 19.0 Å². The zero-order valence-electron chi connectivity index (χ0n) is 67.9. The number of nitrogens with zero attached hydrogens (tertiary/aromatic N) is 1. The summed E-state index contributed by atoms with van der Waals surface area (Å²) in [7, 11) is 1.20. The van der Waals surface area contributed by atoms with Crippen LogP contribution in [-0.2, 0) is 32.7 Å². The number of phosphoric acid groups is 1. The topological polar surface area (TPSA) is 111 Å². The molecule has 0 aromatic carbocycles. The maximum atomic E-state index is 12.9. The van der Waals surface area contributed by atoms with Crippen molar-refractivity contribution in [1.82, 2.24) is 0 Å². The summed E-state index contributed by atoms with van der Waals surface area (Å²) < 4.78 is 34.5. The van der Waals surface area contributed by atoms with Crippen molar-refractivity contribution in [3.05, 3.63) is 36.5 Å². The minimum absolute atomic E-state index is 0.0264. The van der Waals surface area contributed by atoms with Crippen LogP contribution in [0.4, 0.5) is 0 Å². The Bertz CT molecular complexity index is 1780. The quantitative estimate of drug-likeness (QED) is 0.0195. The molecule has 2 atom stereocenters. The van der Waals surface area contributed by atoms with Crippen LogP contribution in [0, 0.1) is 0 Å². The van der Waals surface area contributed by atoms with Crippen LogP contribution in [0.3, 0.4) is 0 Å². The highest BCUT2D eigenvalue weighted by molar-refractivity contribution is 7.45. The van der Waals surface area contributed by atoms with Gasteiger partial charge in [-0.1, -0.05) is 448 Å². The van der Waals surface area contributed by atoms with E-state index in [2.05, 4.69) is 50.3 Å². The van der Waals surface area contributed by atoms with Crippen molar-refractivity contribution in [3.63, 3.8) is 0 Å². The lowest BCUT2D eigenvalue weighted by Crippen LogP contribution is -2.37. The van der Waals surface area contributed by atoms with E-state index in [4.69, 9.17) is 18.5 Å². The molecule has 0 aromatic rings. The van der Waals surface area contributed by atoms with Gasteiger partial charge in [0.2, 0.25) is 0 Å². The van der Waals surface area contributed by atoms with Gasteiger partial charge in [0, 0.05) is 12.8 Å². The average molecular weight is 1430 g/mol. The van der Waals surface area contributed by atoms with Gasteiger partial charge in [-0.3, -0.25) is 14.2 Å². The summed E-state index contributed by atoms with van der Waals surface area (Å²) in [6.07, 6.45) is 108. The largest absolute Gasteiger partial charge is 0.756 e. The van der Waals surface area contributed by atoms with E-state index in [1.54, 1.807) is 0 Å². The van der Waals surface area contributed by atoms with Crippen LogP contribution >= 0.6 is 7.82 Å². The Morgan fingerprint density at radius 2 is 0.540 bits per heavy atom. The first-order valence-corrected chi connectivity index (χ1v) is 46.2. The maximum absolute atomic E-state index is 12.9. The number of carbonyl (C=O) groups excluding carboxylic acids is 2. The van der Waals surface area contributed by atoms with Crippen LogP contribution in [0.5, 0.6) is 0 Å². The molecule has 0 bridgehead atoms. The zero-order valence-corrected chi connectivity index (χ0v) is 68.8. The maximum Gasteiger partial charge on any atom is 0.306 e. The van der Waals surface area contributed by atoms with E-state index in [0.29, 0.717) is 17.4 Å². The van der Waals surface area contributed by atoms with Gasteiger partial charge in [0.15, 0.2) is 6.10 Å². The number of quaternary nitrogens is 1. The predicted octanol–water partition coefficient (Wildman–Crippen LogP) is 29.4. The van der Waals surface area contributed by atoms with Gasteiger partial charge in [-0.25, -0.2) is 0 Å². The molecule has 100 heavy (non-hydrogen) atoms. The number of likely N-dealkylation sites (N-methyl/N-ethyl adjacent to an activating group) is 1. The Kier molecular flexibility index (Phi) is 79.9. The molecule has 592 valence electrons. The molecule has 10 heteroatoms. The number of phosphoric ester groups is 1. The van der Waals surface area contributed by atoms with Crippen LogP contribution in [0.25, 0.3) is 0 Å². The predicted molar refractivity (Wildman–Crippen MR) is 434 cm³/mol. The fraction of sp³-hybridized carbons (Fsp3) is 0.911. The fourth-order valence-electron chi connectivity index (χ4n) is 13.9. The molecular weight excluding hydrogens is 1250 g/mol. The normalized spacial score (nSPS) is 13.1. The molecule has 0 saturated carbocycles. The molecule has 0 aliphatic heterocycles. The monoisotopic (exact) mass is 1430 g/mol. The second-order valence-electron chi connectivity index (χ2n) is 32.0. The van der Waals surface area contributed by atoms with Gasteiger partial charge in [-0.2, -0.15) is 0 Å². The second kappa shape index (κ2) is 81.3. The van der Waals surface area contributed by atoms with E-state index in [0.717, 1.165) is 44.9 Å². The molecule has 0 aliphatic rings. The summed E-state index contributed by atoms with van der Waals surface area (Å²) in [6, 6.07) is 0. The van der Waals surface area contributed by atoms with E-state index < -0.39 is 26.5 Å². The molecule has 0 spiro atoms. The van der Waals surface area contributed by atoms with E-state index in [1.165, 1.54) is 398 Å². The number of unbranched alkanes of at least 4 members (excludes halogenated alkanes) is 65. The van der Waals surface area contributed by atoms with Gasteiger partial charge >= 0.3 is 11.9 Å². The van der Waals surface area contributed by atoms with E-state index >= 15 is 0 Å². The molecule has 0 fully saturated rings. The summed E-state index contributed by atoms with van der Waals surface area (Å²) in [5.41, 5.74) is 0. The molecule has 2 unspecified atom stereocenters. The highest BCUT2D eigenvalue weighted by Crippen LogP contribution is 2.38. The molecular formula is C90H174NO8P. The number of ether oxygens (including phenoxy) is 2. The Labute approximate surface area is 624 Å². The molecule has 0 N–H and O–H groups in total. The number of esters is 2. The lowest BCUT2D eigenvalue weighted by molar-refractivity contribution is -0.870. The van der Waals surface area contributed by atoms with Crippen molar-refractivity contribution in [1.29, 1.82) is 0 Å². The first kappa shape index (κ1) is 98.2. The first-order valence-electron chi connectivity index (χ1n) is 44.7. The zero-order chi connectivity index (χ0) is 72.5. The third-order valence-corrected chi connectivity index (χ3v) is 21.6. The Balaban J connectivity index is 3.84. The van der Waals surface area contributed by atoms with Crippen molar-refractivity contribution >= 4 is 19.8 Å². The van der Waals surface area contributed by atoms with Crippen LogP contribution in [0.1, 0.15) is 476 Å². The Morgan fingerprint density at radius 1 is 0.310 bits per heavy atom. The van der Waals surface area contributed by atoms with Crippen LogP contribution in [-0.4, -0.2) is 70.0 Å². The van der Waals surface area contributed by atoms with E-state index in [1.807, 2.05) is 21.1 Å². The summed E-state index contributed by atoms with van der Waals surface area (Å²) >= 11 is 0. The lowest BCUT2D eigenvalue weighted by Gasteiger charge is -2.28. The average Bonchev–Trinajstić information content (AvgIpc) is 1.30. The van der Waals surface area contributed by atoms with Crippen molar-refractivity contribution < 1.29 is 42.1 Å². The summed E-state index contributed by atoms with van der Waals surface area (Å²) in [5.74, 6) is -0.802. The number of hydrogen-bond donors (Lipinski definition) is 0. The minimum Gasteiger partial charge on any atom is -0.756 e. The third-order valence-electron chi connectivity index (χ3n) is 20.7. The van der Waals surface area contributed by atoms with Gasteiger partial charge in [0.25, 0.3) is 7.82 Å². The standard InChI is InChI=1S/C90H174NO8P/c1-6-8-10-12-14-16-18-20-22-24-26-28-30-32-34-36-38-40-42-43-44-45-46-47-49-51-53-55-57-59-61-63-65-67-69-71-73-75-77-79-81-83-90(93)99-88(87-98-100(94,95)97-85-84-91(3,4)5)86-96-89(92)82-80-78-76-74-72-70-68-66-64-62-60-58-56-54-52-50-48-41-39-37-35-33-31-29-27-25-23-21-19-17-15-13-11-9-7-2/h18,20,24,26,30,32,88H,6-17,19,21-23,25,27-29,31,33-87H2,1-5H3/b20-18-,26-24-,32-30-. The van der Waals surface area contributed by atoms with Crippen LogP contribution < -0.4 is 4.89 Å². The van der Waals surface area contributed by atoms with E-state index in [-0.39, 0.29) is 32.0 Å². The molecule has 0 aromatic heterocycles. The van der Waals surface area contributed by atoms with Crippen molar-refractivity contribution in [2.75, 3.05) is 47.5 Å². The number of allylic oxidation sites excluding steroid dienone is 6. The van der Waals surface area contributed by atoms with Crippen LogP contribution in [0.2, 0.25) is 0 Å². The fourth-order valence-corrected chi connectivity index (χ4v) is 14.6. The highest BCUT2D eigenvalue weighted by atomic mass is 31.2. The van der Waals surface area contributed by atoms with Gasteiger partial charge in [0.1, 0.15) is 19.8 Å². The highest BCUT2D eigenvalue weighted by Gasteiger charge is 2.22. The minimum atomic E-state index is -4.64. The molecule has 0 rings (SSSR count). The summed E-state index contributed by atoms with van der Waals surface area (Å²) in [4.78, 5) is 38.3. The molecule has 9 nitrogen and oxygen atoms in total. The smallest absolute Gasteiger partial charge is 0.306 e. The number of hydrogen-bond acceptors (Lipinski definition) is 8. The Morgan fingerprint density at radius 3 is 0.800 bits per heavy atom. The number of rotatable bonds is 85.